The number of hydrogen-bond donors (Lipinski definition) is 1. The van der Waals surface area contributed by atoms with Gasteiger partial charge in [0.2, 0.25) is 5.75 Å². The predicted octanol–water partition coefficient (Wildman–Crippen LogP) is 7.09. The fraction of sp³-hybridized carbons (Fsp3) is 0.233. The fourth-order valence-electron chi connectivity index (χ4n) is 3.91. The molecule has 0 spiro atoms. The van der Waals surface area contributed by atoms with E-state index in [0.29, 0.717) is 44.5 Å². The average Bonchev–Trinajstić information content (AvgIpc) is 2.93. The molecular formula is C30H32BrNO6. The number of benzene rings is 3. The maximum atomic E-state index is 12.9. The van der Waals surface area contributed by atoms with Crippen molar-refractivity contribution in [2.75, 3.05) is 40.9 Å². The van der Waals surface area contributed by atoms with Gasteiger partial charge < -0.3 is 29.0 Å². The summed E-state index contributed by atoms with van der Waals surface area (Å²) in [6, 6.07) is 11.3. The van der Waals surface area contributed by atoms with Gasteiger partial charge in [-0.1, -0.05) is 18.2 Å². The third kappa shape index (κ3) is 6.31. The Balaban J connectivity index is 1.84. The van der Waals surface area contributed by atoms with Crippen molar-refractivity contribution in [1.29, 1.82) is 0 Å². The molecule has 0 aliphatic heterocycles. The van der Waals surface area contributed by atoms with Crippen molar-refractivity contribution in [1.82, 2.24) is 0 Å². The molecule has 0 saturated carbocycles. The zero-order valence-electron chi connectivity index (χ0n) is 22.6. The van der Waals surface area contributed by atoms with Crippen molar-refractivity contribution in [3.8, 4) is 28.7 Å². The zero-order valence-corrected chi connectivity index (χ0v) is 24.2. The second kappa shape index (κ2) is 13.1. The first-order valence-corrected chi connectivity index (χ1v) is 12.5. The van der Waals surface area contributed by atoms with Crippen LogP contribution in [0.2, 0.25) is 0 Å². The molecule has 0 unspecified atom stereocenters. The summed E-state index contributed by atoms with van der Waals surface area (Å²) in [5, 5.41) is 3.17. The third-order valence-corrected chi connectivity index (χ3v) is 6.84. The van der Waals surface area contributed by atoms with E-state index in [-0.39, 0.29) is 5.78 Å². The van der Waals surface area contributed by atoms with E-state index in [4.69, 9.17) is 23.7 Å². The van der Waals surface area contributed by atoms with Gasteiger partial charge in [0, 0.05) is 17.8 Å². The summed E-state index contributed by atoms with van der Waals surface area (Å²) >= 11 is 3.51. The van der Waals surface area contributed by atoms with Crippen LogP contribution in [0.15, 0.2) is 53.1 Å². The van der Waals surface area contributed by atoms with Gasteiger partial charge in [-0.2, -0.15) is 0 Å². The Bertz CT molecular complexity index is 1350. The van der Waals surface area contributed by atoms with Crippen LogP contribution >= 0.6 is 15.9 Å². The Morgan fingerprint density at radius 1 is 0.763 bits per heavy atom. The highest BCUT2D eigenvalue weighted by atomic mass is 79.9. The molecule has 0 fully saturated rings. The van der Waals surface area contributed by atoms with Crippen LogP contribution in [0.25, 0.3) is 12.2 Å². The van der Waals surface area contributed by atoms with Crippen LogP contribution in [0.4, 0.5) is 5.69 Å². The molecule has 200 valence electrons. The van der Waals surface area contributed by atoms with E-state index in [1.165, 1.54) is 6.08 Å². The fourth-order valence-corrected chi connectivity index (χ4v) is 4.67. The summed E-state index contributed by atoms with van der Waals surface area (Å²) in [6.45, 7) is 3.91. The van der Waals surface area contributed by atoms with Gasteiger partial charge in [-0.3, -0.25) is 4.79 Å². The molecule has 7 nitrogen and oxygen atoms in total. The Morgan fingerprint density at radius 3 is 1.95 bits per heavy atom. The van der Waals surface area contributed by atoms with E-state index < -0.39 is 0 Å². The smallest absolute Gasteiger partial charge is 0.203 e. The Hall–Kier alpha value is -3.91. The van der Waals surface area contributed by atoms with Crippen LogP contribution in [0.5, 0.6) is 28.7 Å². The van der Waals surface area contributed by atoms with Gasteiger partial charge in [-0.25, -0.2) is 0 Å². The van der Waals surface area contributed by atoms with Gasteiger partial charge in [0.15, 0.2) is 17.3 Å². The highest BCUT2D eigenvalue weighted by molar-refractivity contribution is 9.10. The number of anilines is 1. The second-order valence-electron chi connectivity index (χ2n) is 8.31. The van der Waals surface area contributed by atoms with Crippen LogP contribution < -0.4 is 29.0 Å². The van der Waals surface area contributed by atoms with Gasteiger partial charge in [0.05, 0.1) is 45.7 Å². The topological polar surface area (TPSA) is 75.3 Å². The number of methoxy groups -OCH3 is 5. The number of rotatable bonds is 11. The van der Waals surface area contributed by atoms with Crippen molar-refractivity contribution >= 4 is 39.6 Å². The van der Waals surface area contributed by atoms with E-state index in [1.807, 2.05) is 62.4 Å². The first-order chi connectivity index (χ1) is 18.3. The standard InChI is InChI=1S/C30H32BrNO6/c1-18-14-22(28(31)29(37-6)19(18)2)24(33)12-13-32-23-15-20(10-11-25(23)34-3)8-9-21-16-26(35-4)30(38-7)27(17-21)36-5/h8-17,32H,1-7H3/b9-8-,13-12-. The largest absolute Gasteiger partial charge is 0.495 e. The number of hydrogen-bond acceptors (Lipinski definition) is 7. The Labute approximate surface area is 232 Å². The number of carbonyl (C=O) groups is 1. The SMILES string of the molecule is COc1ccc(/C=C\c2cc(OC)c(OC)c(OC)c2)cc1N/C=C\C(=O)c1cc(C)c(C)c(OC)c1Br. The number of allylic oxidation sites excluding steroid dienone is 1. The highest BCUT2D eigenvalue weighted by Crippen LogP contribution is 2.39. The lowest BCUT2D eigenvalue weighted by molar-refractivity contribution is 0.104. The van der Waals surface area contributed by atoms with E-state index in [2.05, 4.69) is 21.2 Å². The number of ether oxygens (including phenoxy) is 5. The molecule has 0 heterocycles. The zero-order chi connectivity index (χ0) is 27.8. The molecule has 8 heteroatoms. The first kappa shape index (κ1) is 28.7. The summed E-state index contributed by atoms with van der Waals surface area (Å²) in [5.74, 6) is 2.82. The number of halogens is 1. The van der Waals surface area contributed by atoms with Crippen LogP contribution in [-0.4, -0.2) is 41.3 Å². The van der Waals surface area contributed by atoms with Gasteiger partial charge in [-0.05, 0) is 82.4 Å². The molecule has 0 aromatic heterocycles. The predicted molar refractivity (Wildman–Crippen MR) is 155 cm³/mol. The second-order valence-corrected chi connectivity index (χ2v) is 9.10. The van der Waals surface area contributed by atoms with E-state index >= 15 is 0 Å². The van der Waals surface area contributed by atoms with Crippen molar-refractivity contribution in [3.05, 3.63) is 81.0 Å². The van der Waals surface area contributed by atoms with Crippen LogP contribution in [0, 0.1) is 13.8 Å². The number of nitrogens with one attached hydrogen (secondary N) is 1. The lowest BCUT2D eigenvalue weighted by Crippen LogP contribution is -2.02. The maximum Gasteiger partial charge on any atom is 0.203 e. The van der Waals surface area contributed by atoms with Crippen LogP contribution in [0.1, 0.15) is 32.6 Å². The molecule has 3 aromatic carbocycles. The average molecular weight is 582 g/mol. The molecule has 3 aromatic rings. The van der Waals surface area contributed by atoms with Crippen molar-refractivity contribution < 1.29 is 28.5 Å². The molecule has 0 atom stereocenters. The minimum absolute atomic E-state index is 0.164. The maximum absolute atomic E-state index is 12.9. The van der Waals surface area contributed by atoms with Gasteiger partial charge in [0.1, 0.15) is 11.5 Å². The van der Waals surface area contributed by atoms with Gasteiger partial charge >= 0.3 is 0 Å². The lowest BCUT2D eigenvalue weighted by Gasteiger charge is -2.13. The van der Waals surface area contributed by atoms with Crippen molar-refractivity contribution in [3.63, 3.8) is 0 Å². The Morgan fingerprint density at radius 2 is 1.37 bits per heavy atom. The first-order valence-electron chi connectivity index (χ1n) is 11.7. The lowest BCUT2D eigenvalue weighted by atomic mass is 10.0. The summed E-state index contributed by atoms with van der Waals surface area (Å²) in [4.78, 5) is 12.9. The molecule has 0 saturated heterocycles. The summed E-state index contributed by atoms with van der Waals surface area (Å²) < 4.78 is 27.9. The molecule has 0 radical (unpaired) electrons. The highest BCUT2D eigenvalue weighted by Gasteiger charge is 2.16. The molecule has 0 aliphatic rings. The van der Waals surface area contributed by atoms with E-state index in [9.17, 15) is 4.79 Å². The van der Waals surface area contributed by atoms with Crippen molar-refractivity contribution in [2.45, 2.75) is 13.8 Å². The van der Waals surface area contributed by atoms with Crippen LogP contribution in [0.3, 0.4) is 0 Å². The van der Waals surface area contributed by atoms with Gasteiger partial charge in [0.25, 0.3) is 0 Å². The molecule has 3 rings (SSSR count). The molecular weight excluding hydrogens is 550 g/mol. The molecule has 0 bridgehead atoms. The minimum Gasteiger partial charge on any atom is -0.495 e. The summed E-state index contributed by atoms with van der Waals surface area (Å²) in [6.07, 6.45) is 6.98. The van der Waals surface area contributed by atoms with Crippen molar-refractivity contribution in [2.24, 2.45) is 0 Å². The minimum atomic E-state index is -0.164. The molecule has 0 aliphatic carbocycles. The monoisotopic (exact) mass is 581 g/mol. The van der Waals surface area contributed by atoms with E-state index in [1.54, 1.807) is 41.7 Å². The number of carbonyl (C=O) groups excluding carboxylic acids is 1. The van der Waals surface area contributed by atoms with Gasteiger partial charge in [-0.15, -0.1) is 0 Å². The summed E-state index contributed by atoms with van der Waals surface area (Å²) in [7, 11) is 7.92. The van der Waals surface area contributed by atoms with Crippen LogP contribution in [-0.2, 0) is 0 Å². The molecule has 1 N–H and O–H groups in total. The quantitative estimate of drug-likeness (QED) is 0.147. The third-order valence-electron chi connectivity index (χ3n) is 6.05. The molecule has 38 heavy (non-hydrogen) atoms. The Kier molecular flexibility index (Phi) is 9.85. The van der Waals surface area contributed by atoms with E-state index in [0.717, 1.165) is 22.3 Å². The summed E-state index contributed by atoms with van der Waals surface area (Å²) in [5.41, 5.74) is 4.99. The number of aryl methyl sites for hydroxylation is 1. The normalized spacial score (nSPS) is 11.1. The number of ketones is 1. The molecule has 0 amide bonds.